The standard InChI is InChI=1S/C16H28N6OS/c1-20-16(17-18-19-20)24-12-7-15(23)22-10-8-21(9-11-22)13-14-5-3-2-4-6-14/h14H,2-13H2,1H3. The normalized spacial score (nSPS) is 20.5. The van der Waals surface area contributed by atoms with Gasteiger partial charge in [0.15, 0.2) is 0 Å². The molecule has 1 aromatic rings. The van der Waals surface area contributed by atoms with Crippen LogP contribution in [-0.4, -0.2) is 74.4 Å². The van der Waals surface area contributed by atoms with Crippen LogP contribution in [0.2, 0.25) is 0 Å². The van der Waals surface area contributed by atoms with Crippen LogP contribution in [0.1, 0.15) is 38.5 Å². The lowest BCUT2D eigenvalue weighted by molar-refractivity contribution is -0.132. The molecule has 1 aliphatic carbocycles. The van der Waals surface area contributed by atoms with Gasteiger partial charge in [-0.25, -0.2) is 4.68 Å². The molecule has 1 saturated heterocycles. The van der Waals surface area contributed by atoms with Crippen LogP contribution in [0, 0.1) is 5.92 Å². The quantitative estimate of drug-likeness (QED) is 0.721. The Morgan fingerprint density at radius 3 is 2.58 bits per heavy atom. The van der Waals surface area contributed by atoms with Gasteiger partial charge in [-0.15, -0.1) is 5.10 Å². The summed E-state index contributed by atoms with van der Waals surface area (Å²) in [5, 5.41) is 12.1. The molecule has 0 spiro atoms. The van der Waals surface area contributed by atoms with Crippen LogP contribution in [0.4, 0.5) is 0 Å². The maximum absolute atomic E-state index is 12.3. The summed E-state index contributed by atoms with van der Waals surface area (Å²) in [6, 6.07) is 0. The molecule has 0 N–H and O–H groups in total. The van der Waals surface area contributed by atoms with E-state index in [1.165, 1.54) is 50.4 Å². The summed E-state index contributed by atoms with van der Waals surface area (Å²) in [6.45, 7) is 5.05. The Morgan fingerprint density at radius 1 is 1.17 bits per heavy atom. The molecular weight excluding hydrogens is 324 g/mol. The smallest absolute Gasteiger partial charge is 0.223 e. The molecule has 2 fully saturated rings. The Hall–Kier alpha value is -1.15. The maximum Gasteiger partial charge on any atom is 0.223 e. The van der Waals surface area contributed by atoms with E-state index in [0.29, 0.717) is 6.42 Å². The van der Waals surface area contributed by atoms with Gasteiger partial charge in [-0.3, -0.25) is 9.69 Å². The molecule has 7 nitrogen and oxygen atoms in total. The van der Waals surface area contributed by atoms with E-state index < -0.39 is 0 Å². The van der Waals surface area contributed by atoms with Gasteiger partial charge in [0.2, 0.25) is 11.1 Å². The Labute approximate surface area is 148 Å². The van der Waals surface area contributed by atoms with E-state index in [-0.39, 0.29) is 5.91 Å². The van der Waals surface area contributed by atoms with E-state index in [4.69, 9.17) is 0 Å². The monoisotopic (exact) mass is 352 g/mol. The van der Waals surface area contributed by atoms with E-state index >= 15 is 0 Å². The van der Waals surface area contributed by atoms with Crippen LogP contribution in [0.3, 0.4) is 0 Å². The second-order valence-corrected chi connectivity index (χ2v) is 7.93. The molecule has 2 aliphatic rings. The topological polar surface area (TPSA) is 67.2 Å². The molecule has 0 aromatic carbocycles. The number of carbonyl (C=O) groups excluding carboxylic acids is 1. The minimum absolute atomic E-state index is 0.259. The molecule has 0 unspecified atom stereocenters. The fraction of sp³-hybridized carbons (Fsp3) is 0.875. The van der Waals surface area contributed by atoms with Gasteiger partial charge in [-0.05, 0) is 29.2 Å². The van der Waals surface area contributed by atoms with Crippen molar-refractivity contribution in [1.29, 1.82) is 0 Å². The van der Waals surface area contributed by atoms with E-state index in [2.05, 4.69) is 20.4 Å². The fourth-order valence-electron chi connectivity index (χ4n) is 3.65. The van der Waals surface area contributed by atoms with Crippen LogP contribution >= 0.6 is 11.8 Å². The number of piperazine rings is 1. The number of nitrogens with zero attached hydrogens (tertiary/aromatic N) is 6. The molecule has 3 rings (SSSR count). The number of hydrogen-bond donors (Lipinski definition) is 0. The van der Waals surface area contributed by atoms with Crippen molar-refractivity contribution >= 4 is 17.7 Å². The maximum atomic E-state index is 12.3. The van der Waals surface area contributed by atoms with Gasteiger partial charge >= 0.3 is 0 Å². The molecule has 0 bridgehead atoms. The fourth-order valence-corrected chi connectivity index (χ4v) is 4.42. The van der Waals surface area contributed by atoms with Crippen molar-refractivity contribution in [2.45, 2.75) is 43.7 Å². The third-order valence-corrected chi connectivity index (χ3v) is 6.11. The minimum atomic E-state index is 0.259. The van der Waals surface area contributed by atoms with E-state index in [1.807, 2.05) is 11.9 Å². The number of aromatic nitrogens is 4. The number of hydrogen-bond acceptors (Lipinski definition) is 6. The van der Waals surface area contributed by atoms with Crippen molar-refractivity contribution in [1.82, 2.24) is 30.0 Å². The first-order valence-corrected chi connectivity index (χ1v) is 10.1. The molecular formula is C16H28N6OS. The first-order valence-electron chi connectivity index (χ1n) is 9.07. The molecule has 8 heteroatoms. The van der Waals surface area contributed by atoms with Gasteiger partial charge < -0.3 is 4.90 Å². The van der Waals surface area contributed by atoms with Crippen LogP contribution in [0.5, 0.6) is 0 Å². The molecule has 24 heavy (non-hydrogen) atoms. The predicted molar refractivity (Wildman–Crippen MR) is 93.7 cm³/mol. The first kappa shape index (κ1) is 17.7. The highest BCUT2D eigenvalue weighted by atomic mass is 32.2. The lowest BCUT2D eigenvalue weighted by Gasteiger charge is -2.37. The lowest BCUT2D eigenvalue weighted by atomic mass is 9.89. The third-order valence-electron chi connectivity index (χ3n) is 5.09. The SMILES string of the molecule is Cn1nnnc1SCCC(=O)N1CCN(CC2CCCCC2)CC1. The van der Waals surface area contributed by atoms with E-state index in [9.17, 15) is 4.79 Å². The zero-order chi connectivity index (χ0) is 16.8. The predicted octanol–water partition coefficient (Wildman–Crippen LogP) is 1.42. The molecule has 0 radical (unpaired) electrons. The zero-order valence-electron chi connectivity index (χ0n) is 14.6. The first-order chi connectivity index (χ1) is 11.7. The number of rotatable bonds is 6. The number of aryl methyl sites for hydroxylation is 1. The second-order valence-electron chi connectivity index (χ2n) is 6.87. The summed E-state index contributed by atoms with van der Waals surface area (Å²) < 4.78 is 1.64. The number of thioether (sulfide) groups is 1. The van der Waals surface area contributed by atoms with Gasteiger partial charge in [0.25, 0.3) is 0 Å². The Morgan fingerprint density at radius 2 is 1.92 bits per heavy atom. The Kier molecular flexibility index (Phi) is 6.48. The van der Waals surface area contributed by atoms with E-state index in [0.717, 1.165) is 43.0 Å². The highest BCUT2D eigenvalue weighted by Crippen LogP contribution is 2.24. The van der Waals surface area contributed by atoms with Gasteiger partial charge in [0.05, 0.1) is 0 Å². The van der Waals surface area contributed by atoms with Gasteiger partial charge in [-0.2, -0.15) is 0 Å². The highest BCUT2D eigenvalue weighted by molar-refractivity contribution is 7.99. The van der Waals surface area contributed by atoms with Crippen molar-refractivity contribution in [3.63, 3.8) is 0 Å². The molecule has 134 valence electrons. The van der Waals surface area contributed by atoms with Crippen molar-refractivity contribution < 1.29 is 4.79 Å². The Balaban J connectivity index is 1.33. The average Bonchev–Trinajstić information content (AvgIpc) is 3.01. The zero-order valence-corrected chi connectivity index (χ0v) is 15.4. The number of tetrazole rings is 1. The third kappa shape index (κ3) is 4.92. The van der Waals surface area contributed by atoms with Gasteiger partial charge in [0, 0.05) is 51.9 Å². The van der Waals surface area contributed by atoms with Crippen molar-refractivity contribution in [3.8, 4) is 0 Å². The summed E-state index contributed by atoms with van der Waals surface area (Å²) in [6.07, 6.45) is 7.57. The van der Waals surface area contributed by atoms with Gasteiger partial charge in [-0.1, -0.05) is 31.0 Å². The molecule has 1 aliphatic heterocycles. The summed E-state index contributed by atoms with van der Waals surface area (Å²) in [4.78, 5) is 16.9. The molecule has 1 amide bonds. The molecule has 1 saturated carbocycles. The summed E-state index contributed by atoms with van der Waals surface area (Å²) in [7, 11) is 1.82. The summed E-state index contributed by atoms with van der Waals surface area (Å²) in [5.74, 6) is 1.88. The molecule has 2 heterocycles. The number of amides is 1. The van der Waals surface area contributed by atoms with Crippen LogP contribution in [-0.2, 0) is 11.8 Å². The summed E-state index contributed by atoms with van der Waals surface area (Å²) >= 11 is 1.54. The largest absolute Gasteiger partial charge is 0.340 e. The molecule has 1 aromatic heterocycles. The van der Waals surface area contributed by atoms with Crippen LogP contribution in [0.25, 0.3) is 0 Å². The van der Waals surface area contributed by atoms with Crippen molar-refractivity contribution in [2.24, 2.45) is 13.0 Å². The van der Waals surface area contributed by atoms with Crippen molar-refractivity contribution in [3.05, 3.63) is 0 Å². The summed E-state index contributed by atoms with van der Waals surface area (Å²) in [5.41, 5.74) is 0. The van der Waals surface area contributed by atoms with Crippen molar-refractivity contribution in [2.75, 3.05) is 38.5 Å². The lowest BCUT2D eigenvalue weighted by Crippen LogP contribution is -2.49. The highest BCUT2D eigenvalue weighted by Gasteiger charge is 2.23. The number of carbonyl (C=O) groups is 1. The minimum Gasteiger partial charge on any atom is -0.340 e. The van der Waals surface area contributed by atoms with Gasteiger partial charge in [0.1, 0.15) is 0 Å². The molecule has 0 atom stereocenters. The van der Waals surface area contributed by atoms with Crippen LogP contribution < -0.4 is 0 Å². The Bertz CT molecular complexity index is 522. The second kappa shape index (κ2) is 8.80. The average molecular weight is 353 g/mol. The van der Waals surface area contributed by atoms with E-state index in [1.54, 1.807) is 4.68 Å². The van der Waals surface area contributed by atoms with Crippen LogP contribution in [0.15, 0.2) is 5.16 Å².